The lowest BCUT2D eigenvalue weighted by Gasteiger charge is -2.36. The molecule has 1 heterocycles. The molecule has 1 aliphatic heterocycles. The van der Waals surface area contributed by atoms with Crippen LogP contribution in [0.1, 0.15) is 43.7 Å². The van der Waals surface area contributed by atoms with Crippen LogP contribution < -0.4 is 0 Å². The number of amides is 1. The highest BCUT2D eigenvalue weighted by atomic mass is 35.5. The summed E-state index contributed by atoms with van der Waals surface area (Å²) in [5.41, 5.74) is 5.26. The van der Waals surface area contributed by atoms with Gasteiger partial charge < -0.3 is 4.90 Å². The maximum Gasteiger partial charge on any atom is 0.226 e. The lowest BCUT2D eigenvalue weighted by atomic mass is 9.84. The van der Waals surface area contributed by atoms with E-state index in [0.29, 0.717) is 6.42 Å². The smallest absolute Gasteiger partial charge is 0.226 e. The molecule has 0 aromatic heterocycles. The summed E-state index contributed by atoms with van der Waals surface area (Å²) < 4.78 is 0. The summed E-state index contributed by atoms with van der Waals surface area (Å²) in [7, 11) is 0. The Bertz CT molecular complexity index is 562. The Morgan fingerprint density at radius 3 is 2.95 bits per heavy atom. The molecule has 0 fully saturated rings. The monoisotopic (exact) mass is 275 g/mol. The van der Waals surface area contributed by atoms with E-state index in [-0.39, 0.29) is 5.91 Å². The zero-order valence-electron chi connectivity index (χ0n) is 11.2. The number of halogens is 1. The summed E-state index contributed by atoms with van der Waals surface area (Å²) in [5, 5.41) is 0.806. The number of carbonyl (C=O) groups excluding carboxylic acids is 1. The lowest BCUT2D eigenvalue weighted by molar-refractivity contribution is -0.129. The van der Waals surface area contributed by atoms with Crippen LogP contribution >= 0.6 is 11.6 Å². The van der Waals surface area contributed by atoms with Crippen LogP contribution in [0.5, 0.6) is 0 Å². The molecule has 1 aromatic rings. The van der Waals surface area contributed by atoms with E-state index in [1.165, 1.54) is 22.4 Å². The fourth-order valence-electron chi connectivity index (χ4n) is 3.21. The zero-order chi connectivity index (χ0) is 13.4. The molecular formula is C16H18ClNO. The number of hydrogen-bond donors (Lipinski definition) is 0. The van der Waals surface area contributed by atoms with Crippen LogP contribution in [0.3, 0.4) is 0 Å². The van der Waals surface area contributed by atoms with Crippen molar-refractivity contribution in [2.24, 2.45) is 0 Å². The third-order valence-corrected chi connectivity index (χ3v) is 4.34. The Morgan fingerprint density at radius 1 is 1.32 bits per heavy atom. The molecule has 0 bridgehead atoms. The minimum Gasteiger partial charge on any atom is -0.316 e. The van der Waals surface area contributed by atoms with E-state index in [4.69, 9.17) is 11.6 Å². The highest BCUT2D eigenvalue weighted by Gasteiger charge is 2.28. The first-order chi connectivity index (χ1) is 9.20. The maximum atomic E-state index is 12.1. The third kappa shape index (κ3) is 2.18. The Labute approximate surface area is 119 Å². The number of fused-ring (bicyclic) bond motifs is 2. The van der Waals surface area contributed by atoms with Crippen LogP contribution in [0, 0.1) is 0 Å². The van der Waals surface area contributed by atoms with E-state index >= 15 is 0 Å². The molecule has 2 nitrogen and oxygen atoms in total. The van der Waals surface area contributed by atoms with Crippen molar-refractivity contribution in [2.75, 3.05) is 6.54 Å². The minimum atomic E-state index is 0.254. The molecule has 1 amide bonds. The molecule has 3 heteroatoms. The molecule has 19 heavy (non-hydrogen) atoms. The van der Waals surface area contributed by atoms with Crippen LogP contribution in [-0.4, -0.2) is 17.4 Å². The quantitative estimate of drug-likeness (QED) is 0.758. The van der Waals surface area contributed by atoms with Crippen molar-refractivity contribution in [1.82, 2.24) is 4.90 Å². The van der Waals surface area contributed by atoms with Crippen molar-refractivity contribution in [1.29, 1.82) is 0 Å². The SMILES string of the molecule is CCC(=O)N1CCCC2=C1CCc1cc(Cl)ccc12. The first-order valence-corrected chi connectivity index (χ1v) is 7.39. The molecule has 0 spiro atoms. The van der Waals surface area contributed by atoms with Crippen LogP contribution in [-0.2, 0) is 11.2 Å². The number of carbonyl (C=O) groups is 1. The summed E-state index contributed by atoms with van der Waals surface area (Å²) in [6, 6.07) is 6.14. The molecule has 100 valence electrons. The largest absolute Gasteiger partial charge is 0.316 e. The third-order valence-electron chi connectivity index (χ3n) is 4.11. The highest BCUT2D eigenvalue weighted by molar-refractivity contribution is 6.30. The van der Waals surface area contributed by atoms with Gasteiger partial charge >= 0.3 is 0 Å². The van der Waals surface area contributed by atoms with Crippen molar-refractivity contribution in [2.45, 2.75) is 39.0 Å². The summed E-state index contributed by atoms with van der Waals surface area (Å²) in [4.78, 5) is 14.1. The van der Waals surface area contributed by atoms with Gasteiger partial charge in [-0.1, -0.05) is 24.6 Å². The first-order valence-electron chi connectivity index (χ1n) is 7.02. The predicted molar refractivity (Wildman–Crippen MR) is 77.9 cm³/mol. The number of benzene rings is 1. The van der Waals surface area contributed by atoms with Gasteiger partial charge in [0.15, 0.2) is 0 Å². The number of allylic oxidation sites excluding steroid dienone is 2. The Kier molecular flexibility index (Phi) is 3.36. The van der Waals surface area contributed by atoms with Gasteiger partial charge in [0, 0.05) is 23.7 Å². The molecule has 0 N–H and O–H groups in total. The predicted octanol–water partition coefficient (Wildman–Crippen LogP) is 4.03. The van der Waals surface area contributed by atoms with Gasteiger partial charge in [-0.25, -0.2) is 0 Å². The van der Waals surface area contributed by atoms with Crippen molar-refractivity contribution in [3.8, 4) is 0 Å². The van der Waals surface area contributed by atoms with E-state index in [0.717, 1.165) is 37.3 Å². The van der Waals surface area contributed by atoms with Crippen molar-refractivity contribution in [3.05, 3.63) is 40.0 Å². The highest BCUT2D eigenvalue weighted by Crippen LogP contribution is 2.39. The number of hydrogen-bond acceptors (Lipinski definition) is 1. The van der Waals surface area contributed by atoms with E-state index in [1.54, 1.807) is 0 Å². The second kappa shape index (κ2) is 5.01. The van der Waals surface area contributed by atoms with E-state index in [1.807, 2.05) is 17.9 Å². The van der Waals surface area contributed by atoms with E-state index in [9.17, 15) is 4.79 Å². The molecule has 0 unspecified atom stereocenters. The molecule has 1 aromatic carbocycles. The average molecular weight is 276 g/mol. The second-order valence-corrected chi connectivity index (χ2v) is 5.67. The van der Waals surface area contributed by atoms with Crippen molar-refractivity contribution in [3.63, 3.8) is 0 Å². The number of nitrogens with zero attached hydrogens (tertiary/aromatic N) is 1. The van der Waals surface area contributed by atoms with Crippen LogP contribution in [0.15, 0.2) is 23.9 Å². The molecule has 2 aliphatic rings. The van der Waals surface area contributed by atoms with Crippen molar-refractivity contribution >= 4 is 23.1 Å². The summed E-state index contributed by atoms with van der Waals surface area (Å²) in [5.74, 6) is 0.254. The summed E-state index contributed by atoms with van der Waals surface area (Å²) in [6.45, 7) is 2.82. The van der Waals surface area contributed by atoms with Gasteiger partial charge in [0.25, 0.3) is 0 Å². The molecular weight excluding hydrogens is 258 g/mol. The molecule has 0 saturated heterocycles. The molecule has 0 radical (unpaired) electrons. The number of aryl methyl sites for hydroxylation is 1. The summed E-state index contributed by atoms with van der Waals surface area (Å²) in [6.07, 6.45) is 4.69. The normalized spacial score (nSPS) is 18.1. The van der Waals surface area contributed by atoms with Gasteiger partial charge in [0.1, 0.15) is 0 Å². The Balaban J connectivity index is 2.06. The van der Waals surface area contributed by atoms with Gasteiger partial charge in [-0.2, -0.15) is 0 Å². The van der Waals surface area contributed by atoms with Crippen LogP contribution in [0.25, 0.3) is 5.57 Å². The number of rotatable bonds is 1. The van der Waals surface area contributed by atoms with Crippen LogP contribution in [0.2, 0.25) is 5.02 Å². The zero-order valence-corrected chi connectivity index (χ0v) is 12.0. The Hall–Kier alpha value is -1.28. The molecule has 1 aliphatic carbocycles. The Morgan fingerprint density at radius 2 is 2.16 bits per heavy atom. The first kappa shape index (κ1) is 12.7. The van der Waals surface area contributed by atoms with Crippen molar-refractivity contribution < 1.29 is 4.79 Å². The van der Waals surface area contributed by atoms with Gasteiger partial charge in [-0.3, -0.25) is 4.79 Å². The van der Waals surface area contributed by atoms with Crippen LogP contribution in [0.4, 0.5) is 0 Å². The van der Waals surface area contributed by atoms with E-state index in [2.05, 4.69) is 12.1 Å². The minimum absolute atomic E-state index is 0.254. The average Bonchev–Trinajstić information content (AvgIpc) is 2.45. The van der Waals surface area contributed by atoms with E-state index < -0.39 is 0 Å². The fourth-order valence-corrected chi connectivity index (χ4v) is 3.41. The van der Waals surface area contributed by atoms with Gasteiger partial charge in [-0.05, 0) is 54.5 Å². The summed E-state index contributed by atoms with van der Waals surface area (Å²) >= 11 is 6.07. The fraction of sp³-hybridized carbons (Fsp3) is 0.438. The second-order valence-electron chi connectivity index (χ2n) is 5.23. The standard InChI is InChI=1S/C16H18ClNO/c1-2-16(19)18-9-3-4-14-13-7-6-12(17)10-11(13)5-8-15(14)18/h6-7,10H,2-5,8-9H2,1H3. The lowest BCUT2D eigenvalue weighted by Crippen LogP contribution is -2.35. The topological polar surface area (TPSA) is 20.3 Å². The maximum absolute atomic E-state index is 12.1. The van der Waals surface area contributed by atoms with Gasteiger partial charge in [0.2, 0.25) is 5.91 Å². The van der Waals surface area contributed by atoms with Gasteiger partial charge in [0.05, 0.1) is 0 Å². The molecule has 0 saturated carbocycles. The molecule has 0 atom stereocenters. The van der Waals surface area contributed by atoms with Gasteiger partial charge in [-0.15, -0.1) is 0 Å². The molecule has 3 rings (SSSR count).